The van der Waals surface area contributed by atoms with Crippen LogP contribution in [-0.4, -0.2) is 23.5 Å². The van der Waals surface area contributed by atoms with Gasteiger partial charge in [-0.25, -0.2) is 0 Å². The number of hydrogen-bond acceptors (Lipinski definition) is 4. The average Bonchev–Trinajstić information content (AvgIpc) is 2.59. The van der Waals surface area contributed by atoms with Crippen LogP contribution in [0.1, 0.15) is 38.4 Å². The van der Waals surface area contributed by atoms with Gasteiger partial charge in [-0.05, 0) is 25.0 Å². The summed E-state index contributed by atoms with van der Waals surface area (Å²) in [6, 6.07) is 4.94. The Morgan fingerprint density at radius 1 is 1.21 bits per heavy atom. The molecule has 0 spiro atoms. The monoisotopic (exact) mass is 330 g/mol. The average molecular weight is 330 g/mol. The van der Waals surface area contributed by atoms with Gasteiger partial charge >= 0.3 is 5.97 Å². The largest absolute Gasteiger partial charge is 0.463 e. The molecule has 0 radical (unpaired) electrons. The Kier molecular flexibility index (Phi) is 8.47. The third-order valence-electron chi connectivity index (χ3n) is 3.64. The van der Waals surface area contributed by atoms with E-state index < -0.39 is 6.04 Å². The normalized spacial score (nSPS) is 14.1. The molecule has 0 aliphatic carbocycles. The zero-order valence-corrected chi connectivity index (χ0v) is 14.4. The molecule has 1 N–H and O–H groups in total. The smallest absolute Gasteiger partial charge is 0.309 e. The first kappa shape index (κ1) is 19.6. The van der Waals surface area contributed by atoms with Crippen LogP contribution >= 0.6 is 0 Å². The molecule has 24 heavy (non-hydrogen) atoms. The maximum Gasteiger partial charge on any atom is 0.309 e. The quantitative estimate of drug-likeness (QED) is 0.528. The summed E-state index contributed by atoms with van der Waals surface area (Å²) in [4.78, 5) is 28.5. The summed E-state index contributed by atoms with van der Waals surface area (Å²) in [6.45, 7) is 10.9. The van der Waals surface area contributed by atoms with Gasteiger partial charge in [0.05, 0.1) is 11.6 Å². The summed E-state index contributed by atoms with van der Waals surface area (Å²) in [7, 11) is 0. The number of carbonyl (C=O) groups is 2. The number of hydrogen-bond donors (Lipinski definition) is 1. The fraction of sp³-hybridized carbons (Fsp3) is 0.421. The van der Waals surface area contributed by atoms with Gasteiger partial charge in [-0.2, -0.15) is 0 Å². The number of carbonyl (C=O) groups excluding carboxylic acids is 2. The second-order valence-corrected chi connectivity index (χ2v) is 5.80. The molecule has 1 rings (SSSR count). The van der Waals surface area contributed by atoms with Gasteiger partial charge in [-0.15, -0.1) is 13.2 Å². The number of nitrogens with one attached hydrogen (secondary N) is 1. The molecule has 3 atom stereocenters. The maximum atomic E-state index is 12.3. The minimum Gasteiger partial charge on any atom is -0.463 e. The molecule has 5 heteroatoms. The maximum absolute atomic E-state index is 12.3. The van der Waals surface area contributed by atoms with E-state index in [-0.39, 0.29) is 30.3 Å². The van der Waals surface area contributed by atoms with Gasteiger partial charge in [-0.3, -0.25) is 14.6 Å². The fourth-order valence-corrected chi connectivity index (χ4v) is 2.11. The molecule has 0 saturated heterocycles. The van der Waals surface area contributed by atoms with Crippen molar-refractivity contribution in [1.29, 1.82) is 0 Å². The number of ether oxygens (including phenoxy) is 1. The molecular weight excluding hydrogens is 304 g/mol. The van der Waals surface area contributed by atoms with Crippen molar-refractivity contribution in [1.82, 2.24) is 10.3 Å². The van der Waals surface area contributed by atoms with Crippen molar-refractivity contribution in [2.75, 3.05) is 6.61 Å². The summed E-state index contributed by atoms with van der Waals surface area (Å²) < 4.78 is 5.35. The molecule has 0 bridgehead atoms. The van der Waals surface area contributed by atoms with Crippen LogP contribution in [-0.2, 0) is 14.3 Å². The third kappa shape index (κ3) is 6.36. The molecule has 5 nitrogen and oxygen atoms in total. The molecule has 0 unspecified atom stereocenters. The molecule has 1 aromatic heterocycles. The molecule has 0 aromatic carbocycles. The van der Waals surface area contributed by atoms with E-state index >= 15 is 0 Å². The molecule has 0 aliphatic heterocycles. The third-order valence-corrected chi connectivity index (χ3v) is 3.64. The number of aromatic nitrogens is 1. The number of allylic oxidation sites excluding steroid dienone is 2. The molecule has 130 valence electrons. The highest BCUT2D eigenvalue weighted by Crippen LogP contribution is 2.14. The highest BCUT2D eigenvalue weighted by molar-refractivity contribution is 5.79. The van der Waals surface area contributed by atoms with Crippen LogP contribution in [0.2, 0.25) is 0 Å². The first-order valence-electron chi connectivity index (χ1n) is 8.09. The van der Waals surface area contributed by atoms with E-state index in [1.807, 2.05) is 13.0 Å². The van der Waals surface area contributed by atoms with Crippen molar-refractivity contribution in [3.05, 3.63) is 55.4 Å². The molecule has 0 fully saturated rings. The zero-order valence-electron chi connectivity index (χ0n) is 14.4. The molecule has 0 aliphatic rings. The highest BCUT2D eigenvalue weighted by Gasteiger charge is 2.22. The summed E-state index contributed by atoms with van der Waals surface area (Å²) in [6.07, 6.45) is 6.16. The Morgan fingerprint density at radius 2 is 1.88 bits per heavy atom. The topological polar surface area (TPSA) is 68.3 Å². The summed E-state index contributed by atoms with van der Waals surface area (Å²) in [5.74, 6) is -0.906. The Hall–Kier alpha value is -2.43. The Balaban J connectivity index is 2.76. The van der Waals surface area contributed by atoms with Crippen molar-refractivity contribution >= 4 is 11.9 Å². The lowest BCUT2D eigenvalue weighted by Gasteiger charge is -2.21. The van der Waals surface area contributed by atoms with Crippen LogP contribution in [0, 0.1) is 11.8 Å². The lowest BCUT2D eigenvalue weighted by molar-refractivity contribution is -0.149. The van der Waals surface area contributed by atoms with E-state index in [2.05, 4.69) is 23.5 Å². The van der Waals surface area contributed by atoms with E-state index in [9.17, 15) is 9.59 Å². The van der Waals surface area contributed by atoms with Gasteiger partial charge in [0.2, 0.25) is 5.91 Å². The van der Waals surface area contributed by atoms with Crippen molar-refractivity contribution in [3.8, 4) is 0 Å². The van der Waals surface area contributed by atoms with E-state index in [0.717, 1.165) is 0 Å². The van der Waals surface area contributed by atoms with Gasteiger partial charge in [0, 0.05) is 12.1 Å². The van der Waals surface area contributed by atoms with Gasteiger partial charge in [-0.1, -0.05) is 32.1 Å². The van der Waals surface area contributed by atoms with Crippen LogP contribution in [0.4, 0.5) is 0 Å². The van der Waals surface area contributed by atoms with E-state index in [0.29, 0.717) is 18.5 Å². The Bertz CT molecular complexity index is 557. The molecule has 1 aromatic rings. The predicted octanol–water partition coefficient (Wildman–Crippen LogP) is 3.21. The van der Waals surface area contributed by atoms with E-state index in [1.54, 1.807) is 37.4 Å². The number of rotatable bonds is 10. The van der Waals surface area contributed by atoms with Gasteiger partial charge in [0.15, 0.2) is 0 Å². The summed E-state index contributed by atoms with van der Waals surface area (Å²) >= 11 is 0. The van der Waals surface area contributed by atoms with Crippen LogP contribution < -0.4 is 5.32 Å². The minimum atomic E-state index is -0.481. The van der Waals surface area contributed by atoms with Crippen LogP contribution in [0.25, 0.3) is 0 Å². The lowest BCUT2D eigenvalue weighted by Crippen LogP contribution is -2.36. The molecule has 0 saturated carbocycles. The number of esters is 1. The first-order chi connectivity index (χ1) is 11.5. The van der Waals surface area contributed by atoms with Gasteiger partial charge in [0.25, 0.3) is 0 Å². The van der Waals surface area contributed by atoms with Crippen LogP contribution in [0.15, 0.2) is 49.7 Å². The Labute approximate surface area is 143 Å². The molecular formula is C19H26N2O3. The van der Waals surface area contributed by atoms with Crippen molar-refractivity contribution in [2.24, 2.45) is 11.8 Å². The fourth-order valence-electron chi connectivity index (χ4n) is 2.11. The van der Waals surface area contributed by atoms with Crippen molar-refractivity contribution < 1.29 is 14.3 Å². The van der Waals surface area contributed by atoms with Crippen molar-refractivity contribution in [3.63, 3.8) is 0 Å². The molecule has 1 amide bonds. The SMILES string of the molecule is C=CC[C@@H](C)C(=O)OC[C@H](NC(=O)[C@@H](C)CC=C)c1ccccn1. The minimum absolute atomic E-state index is 0.0455. The number of pyridine rings is 1. The second kappa shape index (κ2) is 10.4. The molecule has 1 heterocycles. The second-order valence-electron chi connectivity index (χ2n) is 5.80. The van der Waals surface area contributed by atoms with E-state index in [4.69, 9.17) is 4.74 Å². The van der Waals surface area contributed by atoms with Crippen molar-refractivity contribution in [2.45, 2.75) is 32.7 Å². The van der Waals surface area contributed by atoms with Gasteiger partial charge in [0.1, 0.15) is 12.6 Å². The summed E-state index contributed by atoms with van der Waals surface area (Å²) in [5.41, 5.74) is 0.654. The first-order valence-corrected chi connectivity index (χ1v) is 8.09. The number of nitrogens with zero attached hydrogens (tertiary/aromatic N) is 1. The van der Waals surface area contributed by atoms with E-state index in [1.165, 1.54) is 0 Å². The van der Waals surface area contributed by atoms with Crippen LogP contribution in [0.5, 0.6) is 0 Å². The number of amides is 1. The predicted molar refractivity (Wildman–Crippen MR) is 94.0 cm³/mol. The Morgan fingerprint density at radius 3 is 2.46 bits per heavy atom. The van der Waals surface area contributed by atoms with Crippen LogP contribution in [0.3, 0.4) is 0 Å². The summed E-state index contributed by atoms with van der Waals surface area (Å²) in [5, 5.41) is 2.90. The van der Waals surface area contributed by atoms with Gasteiger partial charge < -0.3 is 10.1 Å². The standard InChI is InChI=1S/C19H26N2O3/c1-5-9-14(3)18(22)21-17(16-11-7-8-12-20-16)13-24-19(23)15(4)10-6-2/h5-8,11-12,14-15,17H,1-2,9-10,13H2,3-4H3,(H,21,22)/t14-,15+,17-/m0/s1. The highest BCUT2D eigenvalue weighted by atomic mass is 16.5. The zero-order chi connectivity index (χ0) is 17.9. The lowest BCUT2D eigenvalue weighted by atomic mass is 10.1.